The van der Waals surface area contributed by atoms with Crippen molar-refractivity contribution in [2.75, 3.05) is 0 Å². The van der Waals surface area contributed by atoms with Crippen molar-refractivity contribution in [2.24, 2.45) is 11.8 Å². The molecule has 3 rings (SSSR count). The van der Waals surface area contributed by atoms with Gasteiger partial charge in [-0.25, -0.2) is 0 Å². The summed E-state index contributed by atoms with van der Waals surface area (Å²) in [6.45, 7) is 4.27. The van der Waals surface area contributed by atoms with E-state index in [1.54, 1.807) is 25.1 Å². The fourth-order valence-corrected chi connectivity index (χ4v) is 4.51. The summed E-state index contributed by atoms with van der Waals surface area (Å²) in [5.74, 6) is -0.957. The van der Waals surface area contributed by atoms with Crippen LogP contribution in [0, 0.1) is 17.2 Å². The summed E-state index contributed by atoms with van der Waals surface area (Å²) in [6.07, 6.45) is 0.0937. The third-order valence-electron chi connectivity index (χ3n) is 6.86. The molecule has 200 valence electrons. The predicted octanol–water partition coefficient (Wildman–Crippen LogP) is 9.47. The Morgan fingerprint density at radius 1 is 1.03 bits per heavy atom. The minimum Gasteiger partial charge on any atom is -0.432 e. The molecule has 2 nitrogen and oxygen atoms in total. The maximum absolute atomic E-state index is 14.1. The molecule has 0 spiro atoms. The molecule has 1 aliphatic rings. The topological polar surface area (TPSA) is 33.1 Å². The SMILES string of the molecule is CC(=C=CC(=N)c1ccccc1OC(F)(F)C(C)C)c1ccc(CC2CCCCCC2)c(C(F)(F)F)c1. The van der Waals surface area contributed by atoms with Crippen molar-refractivity contribution in [3.63, 3.8) is 0 Å². The van der Waals surface area contributed by atoms with E-state index < -0.39 is 23.8 Å². The predicted molar refractivity (Wildman–Crippen MR) is 137 cm³/mol. The third-order valence-corrected chi connectivity index (χ3v) is 6.86. The van der Waals surface area contributed by atoms with Crippen molar-refractivity contribution in [1.29, 1.82) is 5.41 Å². The number of ether oxygens (including phenoxy) is 1. The quantitative estimate of drug-likeness (QED) is 0.160. The van der Waals surface area contributed by atoms with Crippen molar-refractivity contribution < 1.29 is 26.7 Å². The van der Waals surface area contributed by atoms with Crippen LogP contribution in [0.3, 0.4) is 0 Å². The molecule has 7 heteroatoms. The van der Waals surface area contributed by atoms with E-state index in [1.807, 2.05) is 0 Å². The minimum atomic E-state index is -4.48. The van der Waals surface area contributed by atoms with Gasteiger partial charge in [0.25, 0.3) is 0 Å². The lowest BCUT2D eigenvalue weighted by Gasteiger charge is -2.22. The van der Waals surface area contributed by atoms with Gasteiger partial charge in [-0.05, 0) is 54.2 Å². The van der Waals surface area contributed by atoms with Gasteiger partial charge in [-0.1, -0.05) is 76.6 Å². The molecule has 0 bridgehead atoms. The average molecular weight is 520 g/mol. The molecule has 0 heterocycles. The summed E-state index contributed by atoms with van der Waals surface area (Å²) in [5.41, 5.74) is 3.27. The van der Waals surface area contributed by atoms with E-state index in [0.29, 0.717) is 23.1 Å². The Bertz CT molecular complexity index is 1150. The van der Waals surface area contributed by atoms with Gasteiger partial charge in [0.2, 0.25) is 0 Å². The molecule has 1 N–H and O–H groups in total. The number of allylic oxidation sites excluding steroid dienone is 1. The number of nitrogens with one attached hydrogen (secondary N) is 1. The van der Waals surface area contributed by atoms with Gasteiger partial charge in [0.1, 0.15) is 5.75 Å². The number of benzene rings is 2. The van der Waals surface area contributed by atoms with Crippen LogP contribution < -0.4 is 4.74 Å². The van der Waals surface area contributed by atoms with Crippen LogP contribution >= 0.6 is 0 Å². The van der Waals surface area contributed by atoms with E-state index in [-0.39, 0.29) is 22.9 Å². The van der Waals surface area contributed by atoms with Crippen molar-refractivity contribution in [3.8, 4) is 5.75 Å². The van der Waals surface area contributed by atoms with Crippen molar-refractivity contribution in [2.45, 2.75) is 78.0 Å². The number of hydrogen-bond donors (Lipinski definition) is 1. The van der Waals surface area contributed by atoms with Gasteiger partial charge in [-0.3, -0.25) is 5.41 Å². The minimum absolute atomic E-state index is 0.137. The highest BCUT2D eigenvalue weighted by Gasteiger charge is 2.37. The standard InChI is InChI=1S/C30H34F5NO/c1-20(2)30(34,35)37-28-13-9-8-12-25(28)27(36)17-14-21(3)23-15-16-24(26(19-23)29(31,32)33)18-22-10-6-4-5-7-11-22/h8-9,12-13,15-17,19-20,22,36H,4-7,10-11,18H2,1-3H3. The Labute approximate surface area is 215 Å². The molecule has 2 aromatic rings. The molecular weight excluding hydrogens is 485 g/mol. The molecule has 37 heavy (non-hydrogen) atoms. The highest BCUT2D eigenvalue weighted by Crippen LogP contribution is 2.37. The van der Waals surface area contributed by atoms with Crippen LogP contribution in [-0.4, -0.2) is 11.8 Å². The zero-order valence-corrected chi connectivity index (χ0v) is 21.5. The molecule has 0 unspecified atom stereocenters. The van der Waals surface area contributed by atoms with E-state index >= 15 is 0 Å². The summed E-state index contributed by atoms with van der Waals surface area (Å²) < 4.78 is 75.0. The second kappa shape index (κ2) is 12.1. The monoisotopic (exact) mass is 519 g/mol. The zero-order chi connectivity index (χ0) is 27.2. The van der Waals surface area contributed by atoms with Crippen LogP contribution in [0.15, 0.2) is 54.3 Å². The third kappa shape index (κ3) is 7.78. The van der Waals surface area contributed by atoms with E-state index in [4.69, 9.17) is 10.1 Å². The van der Waals surface area contributed by atoms with Crippen LogP contribution in [0.5, 0.6) is 5.75 Å². The first-order valence-corrected chi connectivity index (χ1v) is 12.8. The lowest BCUT2D eigenvalue weighted by molar-refractivity contribution is -0.207. The van der Waals surface area contributed by atoms with Crippen LogP contribution in [0.25, 0.3) is 5.57 Å². The van der Waals surface area contributed by atoms with E-state index in [2.05, 4.69) is 5.73 Å². The van der Waals surface area contributed by atoms with Crippen LogP contribution in [0.1, 0.15) is 81.5 Å². The molecule has 0 amide bonds. The summed E-state index contributed by atoms with van der Waals surface area (Å²) >= 11 is 0. The van der Waals surface area contributed by atoms with Gasteiger partial charge in [0.05, 0.1) is 17.2 Å². The molecule has 0 aromatic heterocycles. The Balaban J connectivity index is 1.87. The maximum atomic E-state index is 14.1. The lowest BCUT2D eigenvalue weighted by atomic mass is 9.89. The second-order valence-corrected chi connectivity index (χ2v) is 10.1. The molecule has 0 radical (unpaired) electrons. The van der Waals surface area contributed by atoms with E-state index in [1.165, 1.54) is 38.1 Å². The van der Waals surface area contributed by atoms with E-state index in [9.17, 15) is 22.0 Å². The number of alkyl halides is 5. The van der Waals surface area contributed by atoms with Crippen LogP contribution in [0.4, 0.5) is 22.0 Å². The van der Waals surface area contributed by atoms with Gasteiger partial charge >= 0.3 is 12.3 Å². The summed E-state index contributed by atoms with van der Waals surface area (Å²) in [6, 6.07) is 10.3. The normalized spacial score (nSPS) is 15.2. The second-order valence-electron chi connectivity index (χ2n) is 10.1. The highest BCUT2D eigenvalue weighted by molar-refractivity contribution is 6.08. The molecule has 0 saturated heterocycles. The Hall–Kier alpha value is -2.92. The summed E-state index contributed by atoms with van der Waals surface area (Å²) in [4.78, 5) is 0. The Morgan fingerprint density at radius 3 is 2.30 bits per heavy atom. The molecular formula is C30H34F5NO. The Morgan fingerprint density at radius 2 is 1.68 bits per heavy atom. The van der Waals surface area contributed by atoms with Gasteiger partial charge in [-0.2, -0.15) is 22.0 Å². The summed E-state index contributed by atoms with van der Waals surface area (Å²) in [7, 11) is 0. The van der Waals surface area contributed by atoms with Gasteiger partial charge in [-0.15, -0.1) is 5.73 Å². The molecule has 1 fully saturated rings. The highest BCUT2D eigenvalue weighted by atomic mass is 19.4. The van der Waals surface area contributed by atoms with Crippen LogP contribution in [0.2, 0.25) is 0 Å². The average Bonchev–Trinajstić information content (AvgIpc) is 3.10. The molecule has 0 aliphatic heterocycles. The first-order valence-electron chi connectivity index (χ1n) is 12.8. The number of halogens is 5. The number of hydrogen-bond acceptors (Lipinski definition) is 2. The first kappa shape index (κ1) is 28.6. The molecule has 1 aliphatic carbocycles. The van der Waals surface area contributed by atoms with Gasteiger partial charge in [0, 0.05) is 11.6 Å². The van der Waals surface area contributed by atoms with Gasteiger partial charge < -0.3 is 4.74 Å². The number of rotatable bonds is 8. The number of para-hydroxylation sites is 1. The summed E-state index contributed by atoms with van der Waals surface area (Å²) in [5, 5.41) is 8.34. The fraction of sp³-hybridized carbons (Fsp3) is 0.467. The zero-order valence-electron chi connectivity index (χ0n) is 21.5. The van der Waals surface area contributed by atoms with Crippen molar-refractivity contribution in [3.05, 3.63) is 76.5 Å². The van der Waals surface area contributed by atoms with Crippen molar-refractivity contribution >= 4 is 11.3 Å². The molecule has 2 aromatic carbocycles. The van der Waals surface area contributed by atoms with Crippen LogP contribution in [-0.2, 0) is 12.6 Å². The van der Waals surface area contributed by atoms with Gasteiger partial charge in [0.15, 0.2) is 0 Å². The largest absolute Gasteiger partial charge is 0.432 e. The Kier molecular flexibility index (Phi) is 9.36. The first-order chi connectivity index (χ1) is 17.4. The molecule has 0 atom stereocenters. The maximum Gasteiger partial charge on any atom is 0.416 e. The smallest absolute Gasteiger partial charge is 0.416 e. The fourth-order valence-electron chi connectivity index (χ4n) is 4.51. The van der Waals surface area contributed by atoms with Crippen molar-refractivity contribution in [1.82, 2.24) is 0 Å². The lowest BCUT2D eigenvalue weighted by Crippen LogP contribution is -2.31. The van der Waals surface area contributed by atoms with E-state index in [0.717, 1.165) is 44.6 Å². The molecule has 1 saturated carbocycles.